The van der Waals surface area contributed by atoms with Crippen molar-refractivity contribution in [2.45, 2.75) is 57.2 Å². The Morgan fingerprint density at radius 2 is 1.52 bits per heavy atom. The van der Waals surface area contributed by atoms with Gasteiger partial charge in [-0.2, -0.15) is 0 Å². The molecule has 3 aromatic rings. The lowest BCUT2D eigenvalue weighted by molar-refractivity contribution is -0.146. The van der Waals surface area contributed by atoms with Crippen molar-refractivity contribution in [1.29, 1.82) is 0 Å². The molecule has 5 N–H and O–H groups in total. The highest BCUT2D eigenvalue weighted by atomic mass is 16.4. The van der Waals surface area contributed by atoms with Crippen molar-refractivity contribution in [1.82, 2.24) is 20.5 Å². The van der Waals surface area contributed by atoms with Gasteiger partial charge >= 0.3 is 5.97 Å². The highest BCUT2D eigenvalue weighted by Crippen LogP contribution is 2.20. The number of hydrogen-bond acceptors (Lipinski definition) is 7. The molecule has 0 aliphatic rings. The molecule has 0 unspecified atom stereocenters. The molecule has 2 aromatic carbocycles. The molecule has 0 saturated heterocycles. The molecule has 0 spiro atoms. The molecule has 0 aliphatic carbocycles. The van der Waals surface area contributed by atoms with Gasteiger partial charge in [0.1, 0.15) is 0 Å². The van der Waals surface area contributed by atoms with Crippen molar-refractivity contribution in [2.24, 2.45) is 5.73 Å². The fourth-order valence-electron chi connectivity index (χ4n) is 4.85. The van der Waals surface area contributed by atoms with Crippen LogP contribution >= 0.6 is 0 Å². The number of nitrogens with zero attached hydrogens (tertiary/aromatic N) is 2. The maximum absolute atomic E-state index is 13.9. The van der Waals surface area contributed by atoms with E-state index in [1.165, 1.54) is 4.90 Å². The van der Waals surface area contributed by atoms with E-state index in [0.29, 0.717) is 18.4 Å². The zero-order valence-corrected chi connectivity index (χ0v) is 24.8. The number of benzene rings is 2. The molecule has 0 saturated carbocycles. The van der Waals surface area contributed by atoms with E-state index in [4.69, 9.17) is 5.73 Å². The molecule has 3 rings (SSSR count). The molecule has 0 radical (unpaired) electrons. The van der Waals surface area contributed by atoms with Crippen molar-refractivity contribution in [3.8, 4) is 0 Å². The zero-order chi connectivity index (χ0) is 32.0. The third-order valence-corrected chi connectivity index (χ3v) is 7.17. The first-order chi connectivity index (χ1) is 21.1. The number of hydrogen-bond donors (Lipinski definition) is 4. The summed E-state index contributed by atoms with van der Waals surface area (Å²) in [5.41, 5.74) is 6.11. The Bertz CT molecular complexity index is 1400. The maximum atomic E-state index is 13.9. The van der Waals surface area contributed by atoms with Crippen LogP contribution in [0.4, 0.5) is 0 Å². The first kappa shape index (κ1) is 33.6. The number of Topliss-reactive ketones (excluding diaryl/α,β-unsaturated/α-hetero) is 1. The summed E-state index contributed by atoms with van der Waals surface area (Å²) in [5.74, 6) is -4.13. The fourth-order valence-corrected chi connectivity index (χ4v) is 4.85. The van der Waals surface area contributed by atoms with E-state index >= 15 is 0 Å². The zero-order valence-electron chi connectivity index (χ0n) is 24.8. The van der Waals surface area contributed by atoms with Gasteiger partial charge in [0.2, 0.25) is 11.8 Å². The number of aromatic nitrogens is 1. The lowest BCUT2D eigenvalue weighted by Crippen LogP contribution is -2.69. The van der Waals surface area contributed by atoms with Crippen molar-refractivity contribution < 1.29 is 29.1 Å². The number of ketones is 1. The van der Waals surface area contributed by atoms with Crippen molar-refractivity contribution >= 4 is 29.5 Å². The normalized spacial score (nSPS) is 12.8. The van der Waals surface area contributed by atoms with Gasteiger partial charge in [0, 0.05) is 38.3 Å². The number of rotatable bonds is 17. The number of aliphatic carboxylic acids is 1. The summed E-state index contributed by atoms with van der Waals surface area (Å²) >= 11 is 0. The maximum Gasteiger partial charge on any atom is 0.305 e. The summed E-state index contributed by atoms with van der Waals surface area (Å²) in [4.78, 5) is 71.2. The SMILES string of the molecule is CCN(CC(=O)N[C@@](Cc1ccccc1)(C(=O)NCc1ccccc1)C(=O)[C@@H](N)CC(=O)O)C(=O)CCCc1ccncc1. The smallest absolute Gasteiger partial charge is 0.305 e. The molecule has 2 atom stereocenters. The summed E-state index contributed by atoms with van der Waals surface area (Å²) in [6.45, 7) is 1.59. The minimum atomic E-state index is -2.24. The summed E-state index contributed by atoms with van der Waals surface area (Å²) < 4.78 is 0. The highest BCUT2D eigenvalue weighted by Gasteiger charge is 2.49. The van der Waals surface area contributed by atoms with Gasteiger partial charge in [-0.25, -0.2) is 0 Å². The molecule has 44 heavy (non-hydrogen) atoms. The minimum absolute atomic E-state index is 0.0462. The molecule has 11 nitrogen and oxygen atoms in total. The molecule has 11 heteroatoms. The third kappa shape index (κ3) is 9.84. The summed E-state index contributed by atoms with van der Waals surface area (Å²) in [6, 6.07) is 19.7. The van der Waals surface area contributed by atoms with Gasteiger partial charge in [0.15, 0.2) is 11.3 Å². The van der Waals surface area contributed by atoms with Gasteiger partial charge in [0.25, 0.3) is 5.91 Å². The third-order valence-electron chi connectivity index (χ3n) is 7.17. The molecule has 0 aliphatic heterocycles. The van der Waals surface area contributed by atoms with Crippen LogP contribution in [0.2, 0.25) is 0 Å². The Hall–Kier alpha value is -4.90. The summed E-state index contributed by atoms with van der Waals surface area (Å²) in [5, 5.41) is 14.7. The molecule has 3 amide bonds. The van der Waals surface area contributed by atoms with E-state index in [1.807, 2.05) is 18.2 Å². The van der Waals surface area contributed by atoms with Crippen LogP contribution in [0.15, 0.2) is 85.2 Å². The van der Waals surface area contributed by atoms with E-state index < -0.39 is 48.1 Å². The van der Waals surface area contributed by atoms with Crippen molar-refractivity contribution in [3.63, 3.8) is 0 Å². The van der Waals surface area contributed by atoms with Gasteiger partial charge in [0.05, 0.1) is 19.0 Å². The van der Waals surface area contributed by atoms with Gasteiger partial charge in [-0.15, -0.1) is 0 Å². The van der Waals surface area contributed by atoms with Crippen LogP contribution in [0.3, 0.4) is 0 Å². The topological polar surface area (TPSA) is 172 Å². The second-order valence-electron chi connectivity index (χ2n) is 10.5. The van der Waals surface area contributed by atoms with Gasteiger partial charge in [-0.1, -0.05) is 60.7 Å². The molecule has 0 fully saturated rings. The fraction of sp³-hybridized carbons (Fsp3) is 0.333. The van der Waals surface area contributed by atoms with Gasteiger partial charge in [-0.05, 0) is 48.6 Å². The van der Waals surface area contributed by atoms with Crippen LogP contribution in [0.5, 0.6) is 0 Å². The molecule has 0 bridgehead atoms. The summed E-state index contributed by atoms with van der Waals surface area (Å²) in [7, 11) is 0. The Labute approximate surface area is 256 Å². The first-order valence-corrected chi connectivity index (χ1v) is 14.5. The second-order valence-corrected chi connectivity index (χ2v) is 10.5. The van der Waals surface area contributed by atoms with Crippen molar-refractivity contribution in [3.05, 3.63) is 102 Å². The molecular formula is C33H39N5O6. The number of likely N-dealkylation sites (N-methyl/N-ethyl adjacent to an activating group) is 1. The minimum Gasteiger partial charge on any atom is -0.481 e. The highest BCUT2D eigenvalue weighted by molar-refractivity contribution is 6.15. The van der Waals surface area contributed by atoms with E-state index in [0.717, 1.165) is 11.1 Å². The molecule has 232 valence electrons. The Kier molecular flexibility index (Phi) is 12.7. The van der Waals surface area contributed by atoms with Crippen LogP contribution in [0, 0.1) is 0 Å². The average Bonchev–Trinajstić information content (AvgIpc) is 3.02. The Morgan fingerprint density at radius 3 is 2.11 bits per heavy atom. The van der Waals surface area contributed by atoms with E-state index in [-0.39, 0.29) is 31.8 Å². The number of carbonyl (C=O) groups excluding carboxylic acids is 4. The number of pyridine rings is 1. The number of aryl methyl sites for hydroxylation is 1. The summed E-state index contributed by atoms with van der Waals surface area (Å²) in [6.07, 6.45) is 3.76. The van der Waals surface area contributed by atoms with Gasteiger partial charge in [-0.3, -0.25) is 29.0 Å². The Morgan fingerprint density at radius 1 is 0.909 bits per heavy atom. The predicted molar refractivity (Wildman–Crippen MR) is 164 cm³/mol. The number of nitrogens with two attached hydrogens (primary N) is 1. The van der Waals surface area contributed by atoms with E-state index in [1.54, 1.807) is 73.9 Å². The monoisotopic (exact) mass is 601 g/mol. The number of carboxylic acids is 1. The van der Waals surface area contributed by atoms with Gasteiger partial charge < -0.3 is 26.4 Å². The van der Waals surface area contributed by atoms with Crippen LogP contribution in [-0.4, -0.2) is 69.1 Å². The largest absolute Gasteiger partial charge is 0.481 e. The number of nitrogens with one attached hydrogen (secondary N) is 2. The molecule has 1 heterocycles. The standard InChI is InChI=1S/C33H39N5O6/c1-2-38(29(40)15-9-14-24-16-18-35-19-17-24)23-28(39)37-33(21-25-10-5-3-6-11-25,31(43)27(34)20-30(41)42)32(44)36-22-26-12-7-4-8-13-26/h3-8,10-13,16-19,27H,2,9,14-15,20-23,34H2,1H3,(H,36,44)(H,37,39)(H,41,42)/t27-,33+/m0/s1. The van der Waals surface area contributed by atoms with Crippen LogP contribution < -0.4 is 16.4 Å². The lowest BCUT2D eigenvalue weighted by atomic mass is 9.81. The second kappa shape index (κ2) is 16.7. The van der Waals surface area contributed by atoms with Crippen LogP contribution in [0.25, 0.3) is 0 Å². The lowest BCUT2D eigenvalue weighted by Gasteiger charge is -2.35. The van der Waals surface area contributed by atoms with Crippen LogP contribution in [0.1, 0.15) is 42.9 Å². The number of amides is 3. The van der Waals surface area contributed by atoms with Crippen LogP contribution in [-0.2, 0) is 43.4 Å². The van der Waals surface area contributed by atoms with Crippen molar-refractivity contribution in [2.75, 3.05) is 13.1 Å². The number of carbonyl (C=O) groups is 5. The average molecular weight is 602 g/mol. The van der Waals surface area contributed by atoms with E-state index in [2.05, 4.69) is 15.6 Å². The molecular weight excluding hydrogens is 562 g/mol. The predicted octanol–water partition coefficient (Wildman–Crippen LogP) is 2.04. The quantitative estimate of drug-likeness (QED) is 0.170. The molecule has 1 aromatic heterocycles. The Balaban J connectivity index is 1.86. The first-order valence-electron chi connectivity index (χ1n) is 14.5. The van der Waals surface area contributed by atoms with E-state index in [9.17, 15) is 29.1 Å². The number of carboxylic acid groups (broad SMARTS) is 1.